The van der Waals surface area contributed by atoms with Crippen molar-refractivity contribution in [2.45, 2.75) is 12.5 Å². The minimum Gasteiger partial charge on any atom is -0.391 e. The lowest BCUT2D eigenvalue weighted by molar-refractivity contribution is 0.109. The number of hydrogen-bond acceptors (Lipinski definition) is 5. The number of piperazine rings is 1. The molecule has 0 amide bonds. The van der Waals surface area contributed by atoms with Crippen LogP contribution in [0.2, 0.25) is 0 Å². The first-order valence-electron chi connectivity index (χ1n) is 8.92. The lowest BCUT2D eigenvalue weighted by atomic mass is 10.1. The summed E-state index contributed by atoms with van der Waals surface area (Å²) in [5.74, 6) is 0.655. The summed E-state index contributed by atoms with van der Waals surface area (Å²) in [6.07, 6.45) is 0.238. The number of benzene rings is 1. The monoisotopic (exact) mass is 358 g/mol. The zero-order valence-corrected chi connectivity index (χ0v) is 15.3. The standard InChI is InChI=1S/C19H26N4O3/c1-20-17(13-18(25)21(2)19(20)26)23-10-8-22(9-11-23)14-16(24)12-15-6-4-3-5-7-15/h3-7,13,16,24H,8-12,14H2,1-2H3. The third kappa shape index (κ3) is 4.05. The van der Waals surface area contributed by atoms with Gasteiger partial charge in [0, 0.05) is 52.9 Å². The van der Waals surface area contributed by atoms with E-state index in [9.17, 15) is 14.7 Å². The number of rotatable bonds is 5. The Morgan fingerprint density at radius 3 is 2.31 bits per heavy atom. The number of aromatic nitrogens is 2. The fraction of sp³-hybridized carbons (Fsp3) is 0.474. The van der Waals surface area contributed by atoms with Gasteiger partial charge in [-0.1, -0.05) is 30.3 Å². The Bertz CT molecular complexity index is 851. The van der Waals surface area contributed by atoms with Crippen molar-refractivity contribution in [2.75, 3.05) is 37.6 Å². The molecular formula is C19H26N4O3. The smallest absolute Gasteiger partial charge is 0.332 e. The van der Waals surface area contributed by atoms with E-state index in [0.29, 0.717) is 18.8 Å². The number of aliphatic hydroxyl groups excluding tert-OH is 1. The zero-order valence-electron chi connectivity index (χ0n) is 15.3. The molecule has 0 bridgehead atoms. The maximum atomic E-state index is 12.1. The maximum Gasteiger partial charge on any atom is 0.332 e. The van der Waals surface area contributed by atoms with Crippen LogP contribution in [0.5, 0.6) is 0 Å². The molecule has 1 aliphatic rings. The average Bonchev–Trinajstić information content (AvgIpc) is 2.64. The molecular weight excluding hydrogens is 332 g/mol. The molecule has 2 heterocycles. The van der Waals surface area contributed by atoms with Crippen LogP contribution in [0.25, 0.3) is 0 Å². The molecule has 1 unspecified atom stereocenters. The van der Waals surface area contributed by atoms with Gasteiger partial charge in [-0.15, -0.1) is 0 Å². The van der Waals surface area contributed by atoms with Crippen molar-refractivity contribution in [1.82, 2.24) is 14.0 Å². The van der Waals surface area contributed by atoms with Crippen LogP contribution < -0.4 is 16.1 Å². The highest BCUT2D eigenvalue weighted by Crippen LogP contribution is 2.13. The summed E-state index contributed by atoms with van der Waals surface area (Å²) >= 11 is 0. The Hall–Kier alpha value is -2.38. The number of β-amino-alcohol motifs (C(OH)–C–C–N with tert-alkyl or cyclic N) is 1. The molecule has 2 aromatic rings. The fourth-order valence-electron chi connectivity index (χ4n) is 3.43. The molecule has 1 fully saturated rings. The van der Waals surface area contributed by atoms with Crippen LogP contribution in [0.4, 0.5) is 5.82 Å². The number of aliphatic hydroxyl groups is 1. The van der Waals surface area contributed by atoms with Crippen molar-refractivity contribution in [2.24, 2.45) is 14.1 Å². The topological polar surface area (TPSA) is 70.7 Å². The van der Waals surface area contributed by atoms with Gasteiger partial charge in [0.1, 0.15) is 5.82 Å². The molecule has 0 saturated carbocycles. The summed E-state index contributed by atoms with van der Waals surface area (Å²) in [4.78, 5) is 28.3. The van der Waals surface area contributed by atoms with Gasteiger partial charge in [0.25, 0.3) is 5.56 Å². The van der Waals surface area contributed by atoms with Gasteiger partial charge >= 0.3 is 5.69 Å². The normalized spacial score (nSPS) is 16.7. The molecule has 1 saturated heterocycles. The van der Waals surface area contributed by atoms with E-state index in [1.165, 1.54) is 17.7 Å². The molecule has 1 aliphatic heterocycles. The van der Waals surface area contributed by atoms with Gasteiger partial charge in [-0.3, -0.25) is 18.8 Å². The van der Waals surface area contributed by atoms with Gasteiger partial charge < -0.3 is 10.0 Å². The van der Waals surface area contributed by atoms with Crippen LogP contribution in [-0.2, 0) is 20.5 Å². The molecule has 7 nitrogen and oxygen atoms in total. The summed E-state index contributed by atoms with van der Waals surface area (Å²) < 4.78 is 2.63. The van der Waals surface area contributed by atoms with Crippen LogP contribution in [0, 0.1) is 0 Å². The average molecular weight is 358 g/mol. The van der Waals surface area contributed by atoms with Gasteiger partial charge in [-0.2, -0.15) is 0 Å². The summed E-state index contributed by atoms with van der Waals surface area (Å²) in [5, 5.41) is 10.3. The van der Waals surface area contributed by atoms with Crippen LogP contribution in [0.3, 0.4) is 0 Å². The Morgan fingerprint density at radius 1 is 1.00 bits per heavy atom. The van der Waals surface area contributed by atoms with Crippen molar-refractivity contribution in [3.05, 3.63) is 62.8 Å². The molecule has 0 spiro atoms. The van der Waals surface area contributed by atoms with E-state index in [2.05, 4.69) is 9.80 Å². The van der Waals surface area contributed by atoms with E-state index in [0.717, 1.165) is 36.3 Å². The lowest BCUT2D eigenvalue weighted by Crippen LogP contribution is -2.51. The number of nitrogens with zero attached hydrogens (tertiary/aromatic N) is 4. The molecule has 0 aliphatic carbocycles. The molecule has 140 valence electrons. The number of hydrogen-bond donors (Lipinski definition) is 1. The predicted molar refractivity (Wildman–Crippen MR) is 102 cm³/mol. The number of anilines is 1. The Balaban J connectivity index is 1.58. The molecule has 3 rings (SSSR count). The first-order chi connectivity index (χ1) is 12.5. The van der Waals surface area contributed by atoms with Crippen molar-refractivity contribution in [1.29, 1.82) is 0 Å². The van der Waals surface area contributed by atoms with Crippen LogP contribution in [0.1, 0.15) is 5.56 Å². The SMILES string of the molecule is Cn1c(N2CCN(CC(O)Cc3ccccc3)CC2)cc(=O)n(C)c1=O. The Labute approximate surface area is 152 Å². The van der Waals surface area contributed by atoms with E-state index >= 15 is 0 Å². The molecule has 1 aromatic heterocycles. The molecule has 26 heavy (non-hydrogen) atoms. The first kappa shape index (κ1) is 18.4. The van der Waals surface area contributed by atoms with Crippen LogP contribution in [-0.4, -0.2) is 58.0 Å². The van der Waals surface area contributed by atoms with E-state index in [1.54, 1.807) is 7.05 Å². The second kappa shape index (κ2) is 7.88. The Morgan fingerprint density at radius 2 is 1.65 bits per heavy atom. The summed E-state index contributed by atoms with van der Waals surface area (Å²) in [6, 6.07) is 11.5. The third-order valence-electron chi connectivity index (χ3n) is 4.98. The van der Waals surface area contributed by atoms with Crippen LogP contribution in [0.15, 0.2) is 46.0 Å². The minimum absolute atomic E-state index is 0.288. The first-order valence-corrected chi connectivity index (χ1v) is 8.92. The van der Waals surface area contributed by atoms with Crippen molar-refractivity contribution in [3.8, 4) is 0 Å². The van der Waals surface area contributed by atoms with E-state index in [1.807, 2.05) is 30.3 Å². The van der Waals surface area contributed by atoms with Crippen molar-refractivity contribution < 1.29 is 5.11 Å². The van der Waals surface area contributed by atoms with Crippen LogP contribution >= 0.6 is 0 Å². The lowest BCUT2D eigenvalue weighted by Gasteiger charge is -2.37. The molecule has 1 atom stereocenters. The van der Waals surface area contributed by atoms with Gasteiger partial charge in [0.2, 0.25) is 0 Å². The quantitative estimate of drug-likeness (QED) is 0.802. The van der Waals surface area contributed by atoms with E-state index in [4.69, 9.17) is 0 Å². The fourth-order valence-corrected chi connectivity index (χ4v) is 3.43. The molecule has 0 radical (unpaired) electrons. The maximum absolute atomic E-state index is 12.1. The van der Waals surface area contributed by atoms with Crippen molar-refractivity contribution in [3.63, 3.8) is 0 Å². The van der Waals surface area contributed by atoms with Crippen molar-refractivity contribution >= 4 is 5.82 Å². The third-order valence-corrected chi connectivity index (χ3v) is 4.98. The second-order valence-corrected chi connectivity index (χ2v) is 6.87. The van der Waals surface area contributed by atoms with E-state index < -0.39 is 6.10 Å². The van der Waals surface area contributed by atoms with Gasteiger partial charge in [-0.25, -0.2) is 4.79 Å². The molecule has 1 N–H and O–H groups in total. The minimum atomic E-state index is -0.405. The molecule has 1 aromatic carbocycles. The highest BCUT2D eigenvalue weighted by molar-refractivity contribution is 5.38. The summed E-state index contributed by atoms with van der Waals surface area (Å²) in [5.41, 5.74) is 0.533. The van der Waals surface area contributed by atoms with Gasteiger partial charge in [-0.05, 0) is 12.0 Å². The largest absolute Gasteiger partial charge is 0.391 e. The highest BCUT2D eigenvalue weighted by Gasteiger charge is 2.21. The summed E-state index contributed by atoms with van der Waals surface area (Å²) in [7, 11) is 3.17. The summed E-state index contributed by atoms with van der Waals surface area (Å²) in [6.45, 7) is 3.64. The zero-order chi connectivity index (χ0) is 18.7. The van der Waals surface area contributed by atoms with Gasteiger partial charge in [0.05, 0.1) is 6.10 Å². The highest BCUT2D eigenvalue weighted by atomic mass is 16.3. The molecule has 7 heteroatoms. The van der Waals surface area contributed by atoms with Gasteiger partial charge in [0.15, 0.2) is 0 Å². The second-order valence-electron chi connectivity index (χ2n) is 6.87. The van der Waals surface area contributed by atoms with E-state index in [-0.39, 0.29) is 11.2 Å². The Kier molecular flexibility index (Phi) is 5.58. The predicted octanol–water partition coefficient (Wildman–Crippen LogP) is -0.190.